The minimum Gasteiger partial charge on any atom is -0.303 e. The standard InChI is InChI=1S/C23H32N2/c1-2-13-24(12-1)14-11-18-5-7-20(8-6-18)22-10-9-21-16-25(17-23(21)22)15-19-3-4-19/h5-8,10,19,21,23H,1-4,9,11-17H2/t21-,23+/m1/s1. The SMILES string of the molecule is C1=C(c2ccc(CCN3CCCC3)cc2)[C@H]2CN(CC3CC3)C[C@H]2C1. The van der Waals surface area contributed by atoms with Crippen molar-refractivity contribution < 1.29 is 0 Å². The Hall–Kier alpha value is -1.12. The average molecular weight is 337 g/mol. The predicted molar refractivity (Wildman–Crippen MR) is 105 cm³/mol. The van der Waals surface area contributed by atoms with Crippen LogP contribution in [-0.2, 0) is 6.42 Å². The van der Waals surface area contributed by atoms with Gasteiger partial charge >= 0.3 is 0 Å². The third-order valence-corrected chi connectivity index (χ3v) is 6.97. The topological polar surface area (TPSA) is 6.48 Å². The van der Waals surface area contributed by atoms with Crippen molar-refractivity contribution in [3.8, 4) is 0 Å². The molecule has 2 nitrogen and oxygen atoms in total. The van der Waals surface area contributed by atoms with Crippen molar-refractivity contribution in [3.63, 3.8) is 0 Å². The molecule has 0 amide bonds. The van der Waals surface area contributed by atoms with Gasteiger partial charge in [0, 0.05) is 32.1 Å². The second-order valence-corrected chi connectivity index (χ2v) is 8.92. The van der Waals surface area contributed by atoms with Gasteiger partial charge in [-0.25, -0.2) is 0 Å². The van der Waals surface area contributed by atoms with Gasteiger partial charge in [-0.05, 0) is 80.2 Å². The first-order valence-electron chi connectivity index (χ1n) is 10.6. The van der Waals surface area contributed by atoms with Gasteiger partial charge in [0.25, 0.3) is 0 Å². The molecule has 1 aromatic rings. The zero-order valence-electron chi connectivity index (χ0n) is 15.5. The molecule has 2 atom stereocenters. The lowest BCUT2D eigenvalue weighted by atomic mass is 9.90. The van der Waals surface area contributed by atoms with E-state index < -0.39 is 0 Å². The van der Waals surface area contributed by atoms with Crippen molar-refractivity contribution in [2.75, 3.05) is 39.3 Å². The summed E-state index contributed by atoms with van der Waals surface area (Å²) in [6.07, 6.45) is 10.8. The molecule has 0 unspecified atom stereocenters. The normalized spacial score (nSPS) is 30.0. The van der Waals surface area contributed by atoms with E-state index in [4.69, 9.17) is 0 Å². The minimum atomic E-state index is 0.800. The maximum atomic E-state index is 2.75. The fourth-order valence-corrected chi connectivity index (χ4v) is 5.29. The summed E-state index contributed by atoms with van der Waals surface area (Å²) in [7, 11) is 0. The molecule has 0 N–H and O–H groups in total. The van der Waals surface area contributed by atoms with Crippen LogP contribution >= 0.6 is 0 Å². The molecule has 0 aromatic heterocycles. The summed E-state index contributed by atoms with van der Waals surface area (Å²) < 4.78 is 0. The molecule has 5 rings (SSSR count). The Bertz CT molecular complexity index is 622. The lowest BCUT2D eigenvalue weighted by molar-refractivity contribution is 0.309. The lowest BCUT2D eigenvalue weighted by Gasteiger charge is -2.17. The van der Waals surface area contributed by atoms with Gasteiger partial charge in [0.1, 0.15) is 0 Å². The molecule has 134 valence electrons. The number of nitrogens with zero attached hydrogens (tertiary/aromatic N) is 2. The Balaban J connectivity index is 1.20. The van der Waals surface area contributed by atoms with Crippen molar-refractivity contribution in [1.82, 2.24) is 9.80 Å². The smallest absolute Gasteiger partial charge is 0.00539 e. The molecule has 0 radical (unpaired) electrons. The van der Waals surface area contributed by atoms with Crippen LogP contribution in [0.5, 0.6) is 0 Å². The van der Waals surface area contributed by atoms with Gasteiger partial charge in [0.15, 0.2) is 0 Å². The van der Waals surface area contributed by atoms with Gasteiger partial charge in [0.2, 0.25) is 0 Å². The molecule has 3 fully saturated rings. The quantitative estimate of drug-likeness (QED) is 0.773. The largest absolute Gasteiger partial charge is 0.303 e. The van der Waals surface area contributed by atoms with Crippen LogP contribution in [0.15, 0.2) is 30.3 Å². The monoisotopic (exact) mass is 336 g/mol. The van der Waals surface area contributed by atoms with Gasteiger partial charge in [0.05, 0.1) is 0 Å². The van der Waals surface area contributed by atoms with E-state index in [1.165, 1.54) is 88.9 Å². The van der Waals surface area contributed by atoms with Crippen molar-refractivity contribution in [1.29, 1.82) is 0 Å². The van der Waals surface area contributed by atoms with Crippen LogP contribution in [-0.4, -0.2) is 49.1 Å². The lowest BCUT2D eigenvalue weighted by Crippen LogP contribution is -2.24. The minimum absolute atomic E-state index is 0.800. The zero-order valence-corrected chi connectivity index (χ0v) is 15.5. The zero-order chi connectivity index (χ0) is 16.6. The second-order valence-electron chi connectivity index (χ2n) is 8.92. The van der Waals surface area contributed by atoms with Gasteiger partial charge in [-0.1, -0.05) is 30.3 Å². The number of fused-ring (bicyclic) bond motifs is 1. The molecule has 0 spiro atoms. The summed E-state index contributed by atoms with van der Waals surface area (Å²) in [5.41, 5.74) is 4.65. The molecule has 2 heteroatoms. The Labute approximate surface area is 152 Å². The third kappa shape index (κ3) is 3.57. The molecule has 0 bridgehead atoms. The van der Waals surface area contributed by atoms with Crippen LogP contribution in [0, 0.1) is 17.8 Å². The molecular formula is C23H32N2. The maximum absolute atomic E-state index is 2.75. The van der Waals surface area contributed by atoms with E-state index in [0.29, 0.717) is 0 Å². The Morgan fingerprint density at radius 2 is 1.72 bits per heavy atom. The molecule has 2 aliphatic carbocycles. The number of likely N-dealkylation sites (tertiary alicyclic amines) is 2. The summed E-state index contributed by atoms with van der Waals surface area (Å²) in [5, 5.41) is 0. The number of hydrogen-bond acceptors (Lipinski definition) is 2. The molecule has 25 heavy (non-hydrogen) atoms. The van der Waals surface area contributed by atoms with E-state index in [1.807, 2.05) is 0 Å². The van der Waals surface area contributed by atoms with Crippen molar-refractivity contribution in [2.45, 2.75) is 38.5 Å². The predicted octanol–water partition coefficient (Wildman–Crippen LogP) is 4.07. The molecule has 4 aliphatic rings. The van der Waals surface area contributed by atoms with E-state index >= 15 is 0 Å². The van der Waals surface area contributed by atoms with E-state index in [-0.39, 0.29) is 0 Å². The third-order valence-electron chi connectivity index (χ3n) is 6.97. The number of hydrogen-bond donors (Lipinski definition) is 0. The van der Waals surface area contributed by atoms with E-state index in [2.05, 4.69) is 40.1 Å². The van der Waals surface area contributed by atoms with Crippen LogP contribution in [0.25, 0.3) is 5.57 Å². The first-order chi connectivity index (χ1) is 12.3. The first-order valence-corrected chi connectivity index (χ1v) is 10.6. The molecule has 1 saturated carbocycles. The highest BCUT2D eigenvalue weighted by atomic mass is 15.2. The van der Waals surface area contributed by atoms with E-state index in [0.717, 1.165) is 17.8 Å². The number of benzene rings is 1. The van der Waals surface area contributed by atoms with E-state index in [9.17, 15) is 0 Å². The van der Waals surface area contributed by atoms with Crippen LogP contribution in [0.2, 0.25) is 0 Å². The summed E-state index contributed by atoms with van der Waals surface area (Å²) in [4.78, 5) is 5.37. The first kappa shape index (κ1) is 16.1. The summed E-state index contributed by atoms with van der Waals surface area (Å²) >= 11 is 0. The fourth-order valence-electron chi connectivity index (χ4n) is 5.29. The highest BCUT2D eigenvalue weighted by Gasteiger charge is 2.39. The highest BCUT2D eigenvalue weighted by Crippen LogP contribution is 2.44. The van der Waals surface area contributed by atoms with Crippen molar-refractivity contribution in [3.05, 3.63) is 41.5 Å². The van der Waals surface area contributed by atoms with Crippen molar-refractivity contribution in [2.24, 2.45) is 17.8 Å². The molecule has 2 aliphatic heterocycles. The van der Waals surface area contributed by atoms with E-state index in [1.54, 1.807) is 5.57 Å². The Kier molecular flexibility index (Phi) is 4.43. The molecule has 2 heterocycles. The second kappa shape index (κ2) is 6.89. The molecule has 2 saturated heterocycles. The van der Waals surface area contributed by atoms with Crippen LogP contribution in [0.3, 0.4) is 0 Å². The fraction of sp³-hybridized carbons (Fsp3) is 0.652. The summed E-state index contributed by atoms with van der Waals surface area (Å²) in [6, 6.07) is 9.57. The van der Waals surface area contributed by atoms with Gasteiger partial charge in [-0.2, -0.15) is 0 Å². The van der Waals surface area contributed by atoms with Gasteiger partial charge in [-0.15, -0.1) is 0 Å². The highest BCUT2D eigenvalue weighted by molar-refractivity contribution is 5.70. The van der Waals surface area contributed by atoms with Crippen LogP contribution < -0.4 is 0 Å². The molecule has 1 aromatic carbocycles. The van der Waals surface area contributed by atoms with Gasteiger partial charge < -0.3 is 9.80 Å². The summed E-state index contributed by atoms with van der Waals surface area (Å²) in [6.45, 7) is 7.88. The maximum Gasteiger partial charge on any atom is 0.00539 e. The number of rotatable bonds is 6. The Morgan fingerprint density at radius 1 is 0.920 bits per heavy atom. The summed E-state index contributed by atoms with van der Waals surface area (Å²) in [5.74, 6) is 2.72. The van der Waals surface area contributed by atoms with Crippen LogP contribution in [0.1, 0.15) is 43.2 Å². The van der Waals surface area contributed by atoms with Gasteiger partial charge in [-0.3, -0.25) is 0 Å². The average Bonchev–Trinajstić information content (AvgIpc) is 3.01. The van der Waals surface area contributed by atoms with Crippen LogP contribution in [0.4, 0.5) is 0 Å². The van der Waals surface area contributed by atoms with Crippen molar-refractivity contribution >= 4 is 5.57 Å². The number of allylic oxidation sites excluding steroid dienone is 1. The Morgan fingerprint density at radius 3 is 2.48 bits per heavy atom. The molecular weight excluding hydrogens is 304 g/mol.